The van der Waals surface area contributed by atoms with Gasteiger partial charge in [-0.25, -0.2) is 4.90 Å². The average molecular weight is 437 g/mol. The van der Waals surface area contributed by atoms with Gasteiger partial charge >= 0.3 is 0 Å². The van der Waals surface area contributed by atoms with Crippen LogP contribution >= 0.6 is 11.6 Å². The lowest BCUT2D eigenvalue weighted by molar-refractivity contribution is 0.0925. The maximum absolute atomic E-state index is 12.7. The summed E-state index contributed by atoms with van der Waals surface area (Å²) in [6.07, 6.45) is 0. The van der Waals surface area contributed by atoms with Crippen molar-refractivity contribution < 1.29 is 23.9 Å². The van der Waals surface area contributed by atoms with Crippen molar-refractivity contribution in [2.24, 2.45) is 0 Å². The monoisotopic (exact) mass is 436 g/mol. The summed E-state index contributed by atoms with van der Waals surface area (Å²) in [5, 5.41) is 3.10. The number of carbonyl (C=O) groups excluding carboxylic acids is 3. The number of methoxy groups -OCH3 is 2. The molecule has 0 radical (unpaired) electrons. The van der Waals surface area contributed by atoms with E-state index in [2.05, 4.69) is 5.32 Å². The van der Waals surface area contributed by atoms with E-state index in [4.69, 9.17) is 21.1 Å². The first kappa shape index (κ1) is 20.4. The number of nitrogens with one attached hydrogen (secondary N) is 1. The molecule has 3 aromatic carbocycles. The molecule has 1 aliphatic rings. The highest BCUT2D eigenvalue weighted by Gasteiger charge is 2.36. The van der Waals surface area contributed by atoms with Crippen molar-refractivity contribution in [3.8, 4) is 11.5 Å². The van der Waals surface area contributed by atoms with Crippen LogP contribution in [-0.4, -0.2) is 31.9 Å². The van der Waals surface area contributed by atoms with Crippen LogP contribution in [0.2, 0.25) is 5.02 Å². The van der Waals surface area contributed by atoms with Gasteiger partial charge in [0.15, 0.2) is 0 Å². The fourth-order valence-electron chi connectivity index (χ4n) is 3.34. The molecule has 8 heteroatoms. The third-order valence-corrected chi connectivity index (χ3v) is 5.20. The van der Waals surface area contributed by atoms with E-state index in [1.54, 1.807) is 48.5 Å². The van der Waals surface area contributed by atoms with Crippen LogP contribution in [0.15, 0.2) is 60.7 Å². The zero-order valence-corrected chi connectivity index (χ0v) is 17.4. The van der Waals surface area contributed by atoms with Gasteiger partial charge in [0.05, 0.1) is 41.7 Å². The first-order chi connectivity index (χ1) is 14.9. The Morgan fingerprint density at radius 2 is 1.45 bits per heavy atom. The zero-order valence-electron chi connectivity index (χ0n) is 16.6. The number of benzene rings is 3. The highest BCUT2D eigenvalue weighted by Crippen LogP contribution is 2.36. The number of nitrogens with zero attached hydrogens (tertiary/aromatic N) is 1. The zero-order chi connectivity index (χ0) is 22.1. The topological polar surface area (TPSA) is 84.9 Å². The number of imide groups is 1. The Kier molecular flexibility index (Phi) is 5.35. The van der Waals surface area contributed by atoms with Crippen LogP contribution in [-0.2, 0) is 0 Å². The molecular weight excluding hydrogens is 420 g/mol. The molecular formula is C23H17ClN2O5. The molecule has 0 fully saturated rings. The number of halogens is 1. The summed E-state index contributed by atoms with van der Waals surface area (Å²) in [5.74, 6) is -0.427. The smallest absolute Gasteiger partial charge is 0.266 e. The van der Waals surface area contributed by atoms with Gasteiger partial charge in [-0.3, -0.25) is 14.4 Å². The average Bonchev–Trinajstić information content (AvgIpc) is 3.05. The SMILES string of the molecule is COc1cc(NC(=O)c2ccc(N3C(=O)c4ccccc4C3=O)cc2)c(OC)cc1Cl. The molecule has 0 aromatic heterocycles. The number of ether oxygens (including phenoxy) is 2. The Morgan fingerprint density at radius 3 is 2.00 bits per heavy atom. The van der Waals surface area contributed by atoms with Crippen LogP contribution in [0, 0.1) is 0 Å². The molecule has 7 nitrogen and oxygen atoms in total. The number of fused-ring (bicyclic) bond motifs is 1. The largest absolute Gasteiger partial charge is 0.495 e. The lowest BCUT2D eigenvalue weighted by Crippen LogP contribution is -2.29. The number of anilines is 2. The van der Waals surface area contributed by atoms with E-state index in [9.17, 15) is 14.4 Å². The summed E-state index contributed by atoms with van der Waals surface area (Å²) in [6, 6.07) is 15.9. The van der Waals surface area contributed by atoms with Gasteiger partial charge in [0.25, 0.3) is 17.7 Å². The van der Waals surface area contributed by atoms with Gasteiger partial charge in [-0.05, 0) is 36.4 Å². The predicted molar refractivity (Wildman–Crippen MR) is 117 cm³/mol. The van der Waals surface area contributed by atoms with Gasteiger partial charge in [-0.1, -0.05) is 23.7 Å². The van der Waals surface area contributed by atoms with Gasteiger partial charge < -0.3 is 14.8 Å². The molecule has 0 bridgehead atoms. The fraction of sp³-hybridized carbons (Fsp3) is 0.0870. The van der Waals surface area contributed by atoms with E-state index < -0.39 is 17.7 Å². The van der Waals surface area contributed by atoms with Crippen molar-refractivity contribution in [1.29, 1.82) is 0 Å². The van der Waals surface area contributed by atoms with E-state index in [-0.39, 0.29) is 0 Å². The summed E-state index contributed by atoms with van der Waals surface area (Å²) >= 11 is 6.09. The van der Waals surface area contributed by atoms with Crippen LogP contribution < -0.4 is 19.7 Å². The number of hydrogen-bond donors (Lipinski definition) is 1. The predicted octanol–water partition coefficient (Wildman–Crippen LogP) is 4.41. The second kappa shape index (κ2) is 8.12. The van der Waals surface area contributed by atoms with Gasteiger partial charge in [0, 0.05) is 17.7 Å². The second-order valence-corrected chi connectivity index (χ2v) is 7.09. The number of carbonyl (C=O) groups is 3. The Balaban J connectivity index is 1.56. The summed E-state index contributed by atoms with van der Waals surface area (Å²) in [5.41, 5.74) is 1.82. The van der Waals surface area contributed by atoms with Crippen molar-refractivity contribution >= 4 is 40.7 Å². The van der Waals surface area contributed by atoms with E-state index in [1.165, 1.54) is 26.4 Å². The van der Waals surface area contributed by atoms with Crippen LogP contribution in [0.4, 0.5) is 11.4 Å². The fourth-order valence-corrected chi connectivity index (χ4v) is 3.57. The minimum Gasteiger partial charge on any atom is -0.495 e. The second-order valence-electron chi connectivity index (χ2n) is 6.68. The van der Waals surface area contributed by atoms with E-state index in [0.717, 1.165) is 4.90 Å². The van der Waals surface area contributed by atoms with Crippen molar-refractivity contribution in [1.82, 2.24) is 0 Å². The maximum atomic E-state index is 12.7. The minimum atomic E-state index is -0.406. The van der Waals surface area contributed by atoms with Crippen molar-refractivity contribution in [2.75, 3.05) is 24.4 Å². The van der Waals surface area contributed by atoms with Gasteiger partial charge in [-0.2, -0.15) is 0 Å². The molecule has 4 rings (SSSR count). The summed E-state index contributed by atoms with van der Waals surface area (Å²) < 4.78 is 10.5. The molecule has 3 aromatic rings. The van der Waals surface area contributed by atoms with Gasteiger partial charge in [-0.15, -0.1) is 0 Å². The number of rotatable bonds is 5. The van der Waals surface area contributed by atoms with Crippen LogP contribution in [0.1, 0.15) is 31.1 Å². The summed E-state index contributed by atoms with van der Waals surface area (Å²) in [7, 11) is 2.93. The van der Waals surface area contributed by atoms with Gasteiger partial charge in [0.2, 0.25) is 0 Å². The summed E-state index contributed by atoms with van der Waals surface area (Å²) in [6.45, 7) is 0. The maximum Gasteiger partial charge on any atom is 0.266 e. The van der Waals surface area contributed by atoms with Crippen LogP contribution in [0.3, 0.4) is 0 Å². The Hall–Kier alpha value is -3.84. The molecule has 3 amide bonds. The Bertz CT molecular complexity index is 1170. The Morgan fingerprint density at radius 1 is 0.871 bits per heavy atom. The molecule has 0 spiro atoms. The molecule has 0 aliphatic carbocycles. The lowest BCUT2D eigenvalue weighted by atomic mass is 10.1. The number of amides is 3. The quantitative estimate of drug-likeness (QED) is 0.599. The van der Waals surface area contributed by atoms with Crippen LogP contribution in [0.5, 0.6) is 11.5 Å². The first-order valence-electron chi connectivity index (χ1n) is 9.25. The minimum absolute atomic E-state index is 0.330. The third-order valence-electron chi connectivity index (χ3n) is 4.90. The molecule has 1 heterocycles. The molecule has 1 N–H and O–H groups in total. The normalized spacial score (nSPS) is 12.5. The van der Waals surface area contributed by atoms with Crippen molar-refractivity contribution in [3.05, 3.63) is 82.4 Å². The third kappa shape index (κ3) is 3.60. The first-order valence-corrected chi connectivity index (χ1v) is 9.63. The highest BCUT2D eigenvalue weighted by atomic mass is 35.5. The van der Waals surface area contributed by atoms with Crippen molar-refractivity contribution in [3.63, 3.8) is 0 Å². The van der Waals surface area contributed by atoms with Gasteiger partial charge in [0.1, 0.15) is 11.5 Å². The van der Waals surface area contributed by atoms with Crippen molar-refractivity contribution in [2.45, 2.75) is 0 Å². The molecule has 0 atom stereocenters. The molecule has 0 unspecified atom stereocenters. The Labute approximate surface area is 183 Å². The standard InChI is InChI=1S/C23H17ClN2O5/c1-30-19-12-18(20(31-2)11-17(19)24)25-21(27)13-7-9-14(10-8-13)26-22(28)15-5-3-4-6-16(15)23(26)29/h3-12H,1-2H3,(H,25,27). The van der Waals surface area contributed by atoms with Crippen LogP contribution in [0.25, 0.3) is 0 Å². The van der Waals surface area contributed by atoms with E-state index >= 15 is 0 Å². The lowest BCUT2D eigenvalue weighted by Gasteiger charge is -2.15. The summed E-state index contributed by atoms with van der Waals surface area (Å²) in [4.78, 5) is 39.0. The molecule has 156 valence electrons. The number of hydrogen-bond acceptors (Lipinski definition) is 5. The van der Waals surface area contributed by atoms with E-state index in [1.807, 2.05) is 0 Å². The van der Waals surface area contributed by atoms with E-state index in [0.29, 0.717) is 44.6 Å². The molecule has 1 aliphatic heterocycles. The molecule has 0 saturated heterocycles. The molecule has 31 heavy (non-hydrogen) atoms. The highest BCUT2D eigenvalue weighted by molar-refractivity contribution is 6.34. The molecule has 0 saturated carbocycles.